The minimum Gasteiger partial charge on any atom is -0.350 e. The maximum Gasteiger partial charge on any atom is 0.230 e. The van der Waals surface area contributed by atoms with Gasteiger partial charge in [0.25, 0.3) is 0 Å². The first-order valence-electron chi connectivity index (χ1n) is 5.13. The van der Waals surface area contributed by atoms with E-state index in [1.165, 1.54) is 11.8 Å². The van der Waals surface area contributed by atoms with Gasteiger partial charge < -0.3 is 9.88 Å². The molecule has 94 valence electrons. The smallest absolute Gasteiger partial charge is 0.230 e. The third-order valence-corrected chi connectivity index (χ3v) is 3.00. The molecule has 0 aliphatic rings. The van der Waals surface area contributed by atoms with E-state index in [1.807, 2.05) is 18.4 Å². The van der Waals surface area contributed by atoms with Crippen molar-refractivity contribution in [3.8, 4) is 0 Å². The van der Waals surface area contributed by atoms with Crippen LogP contribution in [0, 0.1) is 0 Å². The third kappa shape index (κ3) is 4.79. The van der Waals surface area contributed by atoms with Crippen LogP contribution in [0.5, 0.6) is 0 Å². The van der Waals surface area contributed by atoms with Crippen molar-refractivity contribution in [1.82, 2.24) is 20.1 Å². The second kappa shape index (κ2) is 6.66. The lowest BCUT2D eigenvalue weighted by atomic mass is 10.4. The molecule has 0 saturated carbocycles. The van der Waals surface area contributed by atoms with Gasteiger partial charge in [0.2, 0.25) is 5.91 Å². The van der Waals surface area contributed by atoms with Crippen LogP contribution in [0.2, 0.25) is 0 Å². The summed E-state index contributed by atoms with van der Waals surface area (Å²) in [6.07, 6.45) is 1.66. The van der Waals surface area contributed by atoms with E-state index in [-0.39, 0.29) is 24.2 Å². The van der Waals surface area contributed by atoms with Crippen molar-refractivity contribution >= 4 is 29.3 Å². The van der Waals surface area contributed by atoms with Gasteiger partial charge in [0.15, 0.2) is 5.16 Å². The summed E-state index contributed by atoms with van der Waals surface area (Å²) in [5, 5.41) is 11.6. The maximum atomic E-state index is 11.4. The van der Waals surface area contributed by atoms with E-state index in [0.717, 1.165) is 5.16 Å². The van der Waals surface area contributed by atoms with Crippen LogP contribution in [0.15, 0.2) is 23.1 Å². The van der Waals surface area contributed by atoms with Crippen molar-refractivity contribution in [3.05, 3.63) is 17.9 Å². The highest BCUT2D eigenvalue weighted by Crippen LogP contribution is 2.18. The molecular weight excluding hydrogens is 260 g/mol. The topological polar surface area (TPSA) is 59.8 Å². The maximum absolute atomic E-state index is 11.4. The molecule has 0 spiro atoms. The summed E-state index contributed by atoms with van der Waals surface area (Å²) in [5.74, 6) is 0.186. The van der Waals surface area contributed by atoms with E-state index in [1.54, 1.807) is 6.33 Å². The number of nitrogens with zero attached hydrogens (tertiary/aromatic N) is 3. The summed E-state index contributed by atoms with van der Waals surface area (Å²) >= 11 is 6.89. The number of hydrogen-bond donors (Lipinski definition) is 1. The van der Waals surface area contributed by atoms with Gasteiger partial charge in [0.05, 0.1) is 12.3 Å². The predicted molar refractivity (Wildman–Crippen MR) is 69.1 cm³/mol. The van der Waals surface area contributed by atoms with Crippen LogP contribution >= 0.6 is 23.4 Å². The Morgan fingerprint density at radius 1 is 1.71 bits per heavy atom. The Kier molecular flexibility index (Phi) is 5.50. The molecule has 0 saturated heterocycles. The van der Waals surface area contributed by atoms with E-state index in [0.29, 0.717) is 5.03 Å². The van der Waals surface area contributed by atoms with Gasteiger partial charge in [-0.05, 0) is 13.8 Å². The zero-order chi connectivity index (χ0) is 12.8. The van der Waals surface area contributed by atoms with Crippen LogP contribution < -0.4 is 5.32 Å². The lowest BCUT2D eigenvalue weighted by molar-refractivity contribution is -0.118. The summed E-state index contributed by atoms with van der Waals surface area (Å²) in [7, 11) is 0. The standard InChI is InChI=1S/C10H15ClN4OS/c1-7(2)15-6-13-14-10(15)17-5-9(16)12-4-8(3)11/h6-7H,3-5H2,1-2H3,(H,12,16). The molecule has 0 atom stereocenters. The average molecular weight is 275 g/mol. The molecule has 1 rings (SSSR count). The fourth-order valence-electron chi connectivity index (χ4n) is 1.07. The summed E-state index contributed by atoms with van der Waals surface area (Å²) in [6.45, 7) is 7.85. The molecule has 5 nitrogen and oxygen atoms in total. The first-order chi connectivity index (χ1) is 8.00. The normalized spacial score (nSPS) is 10.6. The number of halogens is 1. The van der Waals surface area contributed by atoms with Crippen LogP contribution in [0.1, 0.15) is 19.9 Å². The Balaban J connectivity index is 2.42. The number of nitrogens with one attached hydrogen (secondary N) is 1. The Hall–Kier alpha value is -1.01. The quantitative estimate of drug-likeness (QED) is 0.804. The van der Waals surface area contributed by atoms with Gasteiger partial charge >= 0.3 is 0 Å². The molecular formula is C10H15ClN4OS. The van der Waals surface area contributed by atoms with E-state index < -0.39 is 0 Å². The highest BCUT2D eigenvalue weighted by Gasteiger charge is 2.10. The van der Waals surface area contributed by atoms with Gasteiger partial charge in [0, 0.05) is 11.1 Å². The number of amides is 1. The zero-order valence-corrected chi connectivity index (χ0v) is 11.4. The van der Waals surface area contributed by atoms with Crippen LogP contribution in [0.25, 0.3) is 0 Å². The van der Waals surface area contributed by atoms with Crippen molar-refractivity contribution in [1.29, 1.82) is 0 Å². The van der Waals surface area contributed by atoms with Crippen molar-refractivity contribution in [2.45, 2.75) is 25.0 Å². The molecule has 17 heavy (non-hydrogen) atoms. The van der Waals surface area contributed by atoms with E-state index >= 15 is 0 Å². The Morgan fingerprint density at radius 3 is 3.00 bits per heavy atom. The first-order valence-corrected chi connectivity index (χ1v) is 6.49. The molecule has 7 heteroatoms. The largest absolute Gasteiger partial charge is 0.350 e. The molecule has 0 fully saturated rings. The fourth-order valence-corrected chi connectivity index (χ4v) is 2.01. The second-order valence-corrected chi connectivity index (χ2v) is 5.17. The predicted octanol–water partition coefficient (Wildman–Crippen LogP) is 1.82. The summed E-state index contributed by atoms with van der Waals surface area (Å²) < 4.78 is 1.92. The van der Waals surface area contributed by atoms with Gasteiger partial charge in [-0.2, -0.15) is 0 Å². The molecule has 1 aromatic heterocycles. The number of carbonyl (C=O) groups is 1. The monoisotopic (exact) mass is 274 g/mol. The van der Waals surface area contributed by atoms with Gasteiger partial charge in [-0.15, -0.1) is 10.2 Å². The fraction of sp³-hybridized carbons (Fsp3) is 0.500. The van der Waals surface area contributed by atoms with E-state index in [4.69, 9.17) is 11.6 Å². The lowest BCUT2D eigenvalue weighted by Crippen LogP contribution is -2.26. The highest BCUT2D eigenvalue weighted by atomic mass is 35.5. The van der Waals surface area contributed by atoms with E-state index in [9.17, 15) is 4.79 Å². The molecule has 0 aromatic carbocycles. The van der Waals surface area contributed by atoms with Gasteiger partial charge in [-0.1, -0.05) is 29.9 Å². The van der Waals surface area contributed by atoms with Crippen molar-refractivity contribution in [2.24, 2.45) is 0 Å². The average Bonchev–Trinajstić information content (AvgIpc) is 2.71. The zero-order valence-electron chi connectivity index (χ0n) is 9.81. The molecule has 0 aliphatic carbocycles. The molecule has 1 aromatic rings. The van der Waals surface area contributed by atoms with Crippen LogP contribution in [0.3, 0.4) is 0 Å². The number of aromatic nitrogens is 3. The number of thioether (sulfide) groups is 1. The molecule has 1 heterocycles. The minimum absolute atomic E-state index is 0.102. The van der Waals surface area contributed by atoms with Crippen LogP contribution in [-0.2, 0) is 4.79 Å². The summed E-state index contributed by atoms with van der Waals surface area (Å²) in [5.41, 5.74) is 0. The molecule has 0 bridgehead atoms. The molecule has 1 amide bonds. The van der Waals surface area contributed by atoms with Gasteiger partial charge in [-0.3, -0.25) is 4.79 Å². The van der Waals surface area contributed by atoms with Gasteiger partial charge in [-0.25, -0.2) is 0 Å². The van der Waals surface area contributed by atoms with Crippen LogP contribution in [0.4, 0.5) is 0 Å². The lowest BCUT2D eigenvalue weighted by Gasteiger charge is -2.09. The SMILES string of the molecule is C=C(Cl)CNC(=O)CSc1nncn1C(C)C. The third-order valence-electron chi connectivity index (χ3n) is 1.91. The first kappa shape index (κ1) is 14.1. The Labute approximate surface area is 110 Å². The Bertz CT molecular complexity index is 405. The molecule has 0 radical (unpaired) electrons. The molecule has 0 unspecified atom stereocenters. The molecule has 1 N–H and O–H groups in total. The highest BCUT2D eigenvalue weighted by molar-refractivity contribution is 7.99. The van der Waals surface area contributed by atoms with Crippen molar-refractivity contribution in [3.63, 3.8) is 0 Å². The molecule has 0 aliphatic heterocycles. The van der Waals surface area contributed by atoms with Crippen molar-refractivity contribution in [2.75, 3.05) is 12.3 Å². The van der Waals surface area contributed by atoms with Crippen LogP contribution in [-0.4, -0.2) is 33.0 Å². The summed E-state index contributed by atoms with van der Waals surface area (Å²) in [4.78, 5) is 11.4. The number of hydrogen-bond acceptors (Lipinski definition) is 4. The van der Waals surface area contributed by atoms with Crippen molar-refractivity contribution < 1.29 is 4.79 Å². The number of carbonyl (C=O) groups excluding carboxylic acids is 1. The second-order valence-electron chi connectivity index (χ2n) is 3.70. The summed E-state index contributed by atoms with van der Waals surface area (Å²) in [6, 6.07) is 0.276. The van der Waals surface area contributed by atoms with Gasteiger partial charge in [0.1, 0.15) is 6.33 Å². The number of rotatable bonds is 6. The Morgan fingerprint density at radius 2 is 2.41 bits per heavy atom. The minimum atomic E-state index is -0.102. The van der Waals surface area contributed by atoms with E-state index in [2.05, 4.69) is 22.1 Å².